The fourth-order valence-electron chi connectivity index (χ4n) is 2.96. The van der Waals surface area contributed by atoms with Crippen LogP contribution in [0.5, 0.6) is 0 Å². The summed E-state index contributed by atoms with van der Waals surface area (Å²) in [7, 11) is 0. The van der Waals surface area contributed by atoms with Gasteiger partial charge in [-0.05, 0) is 42.5 Å². The lowest BCUT2D eigenvalue weighted by molar-refractivity contribution is 0.0228. The van der Waals surface area contributed by atoms with E-state index in [1.54, 1.807) is 24.3 Å². The summed E-state index contributed by atoms with van der Waals surface area (Å²) in [6.07, 6.45) is 0.566. The summed E-state index contributed by atoms with van der Waals surface area (Å²) in [5.74, 6) is -1.36. The molecule has 29 heavy (non-hydrogen) atoms. The molecule has 144 valence electrons. The minimum atomic E-state index is -0.810. The highest BCUT2D eigenvalue weighted by Crippen LogP contribution is 2.28. The van der Waals surface area contributed by atoms with Crippen LogP contribution in [-0.2, 0) is 4.74 Å². The van der Waals surface area contributed by atoms with Gasteiger partial charge in [-0.3, -0.25) is 14.4 Å². The highest BCUT2D eigenvalue weighted by molar-refractivity contribution is 6.33. The third-order valence-electron chi connectivity index (χ3n) is 4.42. The van der Waals surface area contributed by atoms with Crippen molar-refractivity contribution in [3.63, 3.8) is 0 Å². The molecule has 0 aliphatic carbocycles. The molecule has 0 saturated heterocycles. The van der Waals surface area contributed by atoms with E-state index in [1.165, 1.54) is 30.3 Å². The number of nitrogens with zero attached hydrogens (tertiary/aromatic N) is 1. The van der Waals surface area contributed by atoms with Crippen LogP contribution in [0, 0.1) is 0 Å². The van der Waals surface area contributed by atoms with Crippen LogP contribution in [0.2, 0.25) is 5.02 Å². The molecule has 0 unspecified atom stereocenters. The highest BCUT2D eigenvalue weighted by Gasteiger charge is 2.36. The zero-order valence-electron chi connectivity index (χ0n) is 14.8. The van der Waals surface area contributed by atoms with Gasteiger partial charge in [0, 0.05) is 5.56 Å². The van der Waals surface area contributed by atoms with E-state index in [2.05, 4.69) is 0 Å². The van der Waals surface area contributed by atoms with E-state index in [0.717, 1.165) is 4.90 Å². The van der Waals surface area contributed by atoms with Crippen molar-refractivity contribution >= 4 is 35.7 Å². The molecule has 0 radical (unpaired) electrons. The molecule has 0 N–H and O–H groups in total. The minimum absolute atomic E-state index is 0.0322. The third kappa shape index (κ3) is 3.32. The van der Waals surface area contributed by atoms with Crippen LogP contribution in [0.15, 0.2) is 59.0 Å². The van der Waals surface area contributed by atoms with Crippen molar-refractivity contribution in [1.29, 1.82) is 0 Å². The second-order valence-corrected chi connectivity index (χ2v) is 6.57. The number of halogens is 1. The molecule has 0 atom stereocenters. The number of benzene rings is 2. The monoisotopic (exact) mass is 409 g/mol. The third-order valence-corrected chi connectivity index (χ3v) is 4.75. The first kappa shape index (κ1) is 18.6. The van der Waals surface area contributed by atoms with Crippen molar-refractivity contribution in [3.05, 3.63) is 82.1 Å². The van der Waals surface area contributed by atoms with Crippen molar-refractivity contribution in [2.75, 3.05) is 6.73 Å². The molecule has 0 bridgehead atoms. The lowest BCUT2D eigenvalue weighted by Crippen LogP contribution is -2.33. The number of furan rings is 1. The summed E-state index contributed by atoms with van der Waals surface area (Å²) >= 11 is 6.10. The number of carbonyl (C=O) groups is 4. The van der Waals surface area contributed by atoms with Gasteiger partial charge in [0.05, 0.1) is 21.7 Å². The Morgan fingerprint density at radius 2 is 1.72 bits per heavy atom. The number of fused-ring (bicyclic) bond motifs is 1. The van der Waals surface area contributed by atoms with E-state index < -0.39 is 24.5 Å². The predicted molar refractivity (Wildman–Crippen MR) is 102 cm³/mol. The van der Waals surface area contributed by atoms with Gasteiger partial charge in [0.2, 0.25) is 0 Å². The van der Waals surface area contributed by atoms with Crippen LogP contribution in [0.1, 0.15) is 41.6 Å². The second kappa shape index (κ2) is 7.37. The predicted octanol–water partition coefficient (Wildman–Crippen LogP) is 3.82. The molecular weight excluding hydrogens is 398 g/mol. The zero-order chi connectivity index (χ0) is 20.5. The smallest absolute Gasteiger partial charge is 0.341 e. The molecule has 2 heterocycles. The van der Waals surface area contributed by atoms with Gasteiger partial charge in [-0.15, -0.1) is 0 Å². The molecule has 8 heteroatoms. The molecule has 0 spiro atoms. The number of ether oxygens (including phenoxy) is 1. The maximum atomic E-state index is 12.5. The Morgan fingerprint density at radius 1 is 1.03 bits per heavy atom. The van der Waals surface area contributed by atoms with Gasteiger partial charge < -0.3 is 9.15 Å². The van der Waals surface area contributed by atoms with E-state index in [0.29, 0.717) is 17.6 Å². The lowest BCUT2D eigenvalue weighted by Gasteiger charge is -2.14. The Morgan fingerprint density at radius 3 is 2.34 bits per heavy atom. The van der Waals surface area contributed by atoms with Crippen molar-refractivity contribution in [2.45, 2.75) is 0 Å². The quantitative estimate of drug-likeness (QED) is 0.361. The van der Waals surface area contributed by atoms with Gasteiger partial charge in [0.15, 0.2) is 18.8 Å². The molecule has 7 nitrogen and oxygen atoms in total. The highest BCUT2D eigenvalue weighted by atomic mass is 35.5. The number of carbonyl (C=O) groups excluding carboxylic acids is 4. The number of rotatable bonds is 5. The Labute approximate surface area is 169 Å². The van der Waals surface area contributed by atoms with E-state index in [1.807, 2.05) is 0 Å². The minimum Gasteiger partial charge on any atom is -0.453 e. The van der Waals surface area contributed by atoms with Gasteiger partial charge in [-0.1, -0.05) is 23.7 Å². The van der Waals surface area contributed by atoms with E-state index in [-0.39, 0.29) is 27.5 Å². The maximum absolute atomic E-state index is 12.5. The summed E-state index contributed by atoms with van der Waals surface area (Å²) in [6, 6.07) is 14.0. The standard InChI is InChI=1S/C21H12ClNO6/c22-17-7-5-12(18-8-6-13(10-24)29-18)9-16(17)21(27)28-11-23-19(25)14-3-1-2-4-15(14)20(23)26/h1-10H,11H2. The summed E-state index contributed by atoms with van der Waals surface area (Å²) in [5, 5.41) is 0.128. The summed E-state index contributed by atoms with van der Waals surface area (Å²) in [4.78, 5) is 48.8. The van der Waals surface area contributed by atoms with Crippen LogP contribution in [0.3, 0.4) is 0 Å². The fraction of sp³-hybridized carbons (Fsp3) is 0.0476. The van der Waals surface area contributed by atoms with E-state index in [9.17, 15) is 19.2 Å². The van der Waals surface area contributed by atoms with Gasteiger partial charge in [0.25, 0.3) is 11.8 Å². The first-order chi connectivity index (χ1) is 14.0. The maximum Gasteiger partial charge on any atom is 0.341 e. The Kier molecular flexibility index (Phi) is 4.74. The van der Waals surface area contributed by atoms with Crippen LogP contribution >= 0.6 is 11.6 Å². The van der Waals surface area contributed by atoms with Crippen molar-refractivity contribution in [3.8, 4) is 11.3 Å². The summed E-state index contributed by atoms with van der Waals surface area (Å²) in [5.41, 5.74) is 1.06. The van der Waals surface area contributed by atoms with Crippen molar-refractivity contribution in [1.82, 2.24) is 4.90 Å². The number of hydrogen-bond donors (Lipinski definition) is 0. The molecule has 2 amide bonds. The molecule has 1 aliphatic heterocycles. The Balaban J connectivity index is 1.52. The lowest BCUT2D eigenvalue weighted by atomic mass is 10.1. The largest absolute Gasteiger partial charge is 0.453 e. The Bertz CT molecular complexity index is 1130. The molecule has 0 fully saturated rings. The number of hydrogen-bond acceptors (Lipinski definition) is 6. The molecule has 3 aromatic rings. The fourth-order valence-corrected chi connectivity index (χ4v) is 3.16. The first-order valence-electron chi connectivity index (χ1n) is 8.47. The number of aldehydes is 1. The summed E-state index contributed by atoms with van der Waals surface area (Å²) < 4.78 is 10.5. The van der Waals surface area contributed by atoms with Crippen LogP contribution in [0.25, 0.3) is 11.3 Å². The number of esters is 1. The average molecular weight is 410 g/mol. The van der Waals surface area contributed by atoms with E-state index >= 15 is 0 Å². The first-order valence-corrected chi connectivity index (χ1v) is 8.84. The molecule has 1 aliphatic rings. The molecule has 1 aromatic heterocycles. The SMILES string of the molecule is O=Cc1ccc(-c2ccc(Cl)c(C(=O)OCN3C(=O)c4ccccc4C3=O)c2)o1. The zero-order valence-corrected chi connectivity index (χ0v) is 15.5. The molecule has 2 aromatic carbocycles. The van der Waals surface area contributed by atoms with Gasteiger partial charge in [-0.2, -0.15) is 0 Å². The van der Waals surface area contributed by atoms with Crippen molar-refractivity contribution in [2.24, 2.45) is 0 Å². The van der Waals surface area contributed by atoms with Gasteiger partial charge >= 0.3 is 5.97 Å². The van der Waals surface area contributed by atoms with Crippen molar-refractivity contribution < 1.29 is 28.3 Å². The molecule has 0 saturated carbocycles. The molecular formula is C21H12ClNO6. The summed E-state index contributed by atoms with van der Waals surface area (Å²) in [6.45, 7) is -0.540. The Hall–Kier alpha value is -3.71. The normalized spacial score (nSPS) is 12.8. The number of amides is 2. The van der Waals surface area contributed by atoms with Crippen LogP contribution in [-0.4, -0.2) is 35.7 Å². The van der Waals surface area contributed by atoms with Crippen LogP contribution < -0.4 is 0 Å². The van der Waals surface area contributed by atoms with Crippen LogP contribution in [0.4, 0.5) is 0 Å². The van der Waals surface area contributed by atoms with Gasteiger partial charge in [-0.25, -0.2) is 9.69 Å². The van der Waals surface area contributed by atoms with E-state index in [4.69, 9.17) is 20.8 Å². The second-order valence-electron chi connectivity index (χ2n) is 6.16. The molecule has 4 rings (SSSR count). The van der Waals surface area contributed by atoms with Gasteiger partial charge in [0.1, 0.15) is 5.76 Å². The topological polar surface area (TPSA) is 93.9 Å². The number of imide groups is 1. The average Bonchev–Trinajstić information content (AvgIpc) is 3.31.